The van der Waals surface area contributed by atoms with E-state index in [1.807, 2.05) is 0 Å². The molecule has 1 saturated heterocycles. The first-order valence-electron chi connectivity index (χ1n) is 5.86. The fourth-order valence-corrected chi connectivity index (χ4v) is 2.47. The van der Waals surface area contributed by atoms with Gasteiger partial charge in [0.2, 0.25) is 5.82 Å². The summed E-state index contributed by atoms with van der Waals surface area (Å²) < 4.78 is 66.6. The molecule has 7 heteroatoms. The summed E-state index contributed by atoms with van der Waals surface area (Å²) in [5, 5.41) is 0. The largest absolute Gasteiger partial charge is 0.364 e. The molecule has 0 aromatic heterocycles. The van der Waals surface area contributed by atoms with E-state index in [4.69, 9.17) is 5.73 Å². The molecule has 19 heavy (non-hydrogen) atoms. The van der Waals surface area contributed by atoms with Crippen molar-refractivity contribution in [3.63, 3.8) is 0 Å². The maximum absolute atomic E-state index is 13.7. The minimum absolute atomic E-state index is 0.0232. The monoisotopic (exact) mass is 280 g/mol. The number of rotatable bonds is 2. The van der Waals surface area contributed by atoms with Crippen molar-refractivity contribution in [2.24, 2.45) is 11.7 Å². The zero-order valence-corrected chi connectivity index (χ0v) is 10.2. The zero-order valence-electron chi connectivity index (χ0n) is 10.2. The second-order valence-electron chi connectivity index (χ2n) is 4.76. The Morgan fingerprint density at radius 1 is 1.00 bits per heavy atom. The molecule has 1 aliphatic rings. The lowest BCUT2D eigenvalue weighted by molar-refractivity contribution is 0.377. The van der Waals surface area contributed by atoms with Crippen molar-refractivity contribution in [3.8, 4) is 0 Å². The molecule has 2 unspecified atom stereocenters. The minimum atomic E-state index is -2.14. The quantitative estimate of drug-likeness (QED) is 0.512. The van der Waals surface area contributed by atoms with E-state index in [2.05, 4.69) is 0 Å². The molecule has 0 amide bonds. The summed E-state index contributed by atoms with van der Waals surface area (Å²) >= 11 is 0. The molecule has 1 heterocycles. The summed E-state index contributed by atoms with van der Waals surface area (Å²) in [7, 11) is 0. The van der Waals surface area contributed by atoms with E-state index in [0.29, 0.717) is 13.0 Å². The fraction of sp³-hybridized carbons (Fsp3) is 0.500. The smallest absolute Gasteiger partial charge is 0.200 e. The fourth-order valence-electron chi connectivity index (χ4n) is 2.47. The van der Waals surface area contributed by atoms with E-state index in [-0.39, 0.29) is 18.5 Å². The number of anilines is 1. The summed E-state index contributed by atoms with van der Waals surface area (Å²) in [4.78, 5) is 1.19. The summed E-state index contributed by atoms with van der Waals surface area (Å²) in [6, 6.07) is -0.332. The Balaban J connectivity index is 2.52. The first kappa shape index (κ1) is 14.0. The highest BCUT2D eigenvalue weighted by atomic mass is 19.2. The van der Waals surface area contributed by atoms with Crippen LogP contribution in [0.4, 0.5) is 27.6 Å². The van der Waals surface area contributed by atoms with Gasteiger partial charge in [-0.05, 0) is 25.8 Å². The predicted molar refractivity (Wildman–Crippen MR) is 60.2 cm³/mol. The molecule has 106 valence electrons. The van der Waals surface area contributed by atoms with Crippen molar-refractivity contribution in [2.75, 3.05) is 18.0 Å². The Morgan fingerprint density at radius 3 is 1.89 bits per heavy atom. The van der Waals surface area contributed by atoms with Crippen molar-refractivity contribution in [1.29, 1.82) is 0 Å². The van der Waals surface area contributed by atoms with E-state index in [1.54, 1.807) is 6.92 Å². The van der Waals surface area contributed by atoms with Gasteiger partial charge in [-0.3, -0.25) is 0 Å². The highest BCUT2D eigenvalue weighted by molar-refractivity contribution is 5.52. The summed E-state index contributed by atoms with van der Waals surface area (Å²) in [6.07, 6.45) is 0.552. The van der Waals surface area contributed by atoms with Gasteiger partial charge in [-0.2, -0.15) is 0 Å². The Hall–Kier alpha value is -1.37. The lowest BCUT2D eigenvalue weighted by atomic mass is 10.1. The van der Waals surface area contributed by atoms with E-state index in [9.17, 15) is 22.0 Å². The van der Waals surface area contributed by atoms with Gasteiger partial charge >= 0.3 is 0 Å². The van der Waals surface area contributed by atoms with Gasteiger partial charge in [-0.15, -0.1) is 0 Å². The van der Waals surface area contributed by atoms with Crippen LogP contribution in [0.1, 0.15) is 13.3 Å². The Labute approximate surface area is 107 Å². The second-order valence-corrected chi connectivity index (χ2v) is 4.76. The highest BCUT2D eigenvalue weighted by Gasteiger charge is 2.35. The van der Waals surface area contributed by atoms with Crippen LogP contribution in [0.15, 0.2) is 0 Å². The van der Waals surface area contributed by atoms with Crippen molar-refractivity contribution in [1.82, 2.24) is 0 Å². The number of hydrogen-bond acceptors (Lipinski definition) is 2. The van der Waals surface area contributed by atoms with Crippen LogP contribution < -0.4 is 10.6 Å². The predicted octanol–water partition coefficient (Wildman–Crippen LogP) is 2.56. The number of hydrogen-bond donors (Lipinski definition) is 1. The Kier molecular flexibility index (Phi) is 3.66. The van der Waals surface area contributed by atoms with E-state index >= 15 is 0 Å². The van der Waals surface area contributed by atoms with Crippen molar-refractivity contribution >= 4 is 5.69 Å². The van der Waals surface area contributed by atoms with Crippen LogP contribution in [-0.2, 0) is 0 Å². The number of halogens is 5. The van der Waals surface area contributed by atoms with Gasteiger partial charge < -0.3 is 10.6 Å². The molecule has 1 aliphatic heterocycles. The van der Waals surface area contributed by atoms with E-state index in [1.165, 1.54) is 4.90 Å². The first-order valence-corrected chi connectivity index (χ1v) is 5.86. The van der Waals surface area contributed by atoms with Crippen LogP contribution in [0.2, 0.25) is 0 Å². The van der Waals surface area contributed by atoms with Gasteiger partial charge in [-0.25, -0.2) is 22.0 Å². The highest BCUT2D eigenvalue weighted by Crippen LogP contribution is 2.35. The number of nitrogens with two attached hydrogens (primary N) is 1. The maximum atomic E-state index is 13.7. The van der Waals surface area contributed by atoms with Crippen molar-refractivity contribution in [3.05, 3.63) is 29.1 Å². The lowest BCUT2D eigenvalue weighted by Crippen LogP contribution is -2.30. The zero-order chi connectivity index (χ0) is 14.3. The second kappa shape index (κ2) is 4.96. The average Bonchev–Trinajstić information content (AvgIpc) is 2.76. The molecule has 2 N–H and O–H groups in total. The molecule has 0 spiro atoms. The van der Waals surface area contributed by atoms with Crippen LogP contribution in [0.25, 0.3) is 0 Å². The summed E-state index contributed by atoms with van der Waals surface area (Å²) in [5.41, 5.74) is 4.61. The van der Waals surface area contributed by atoms with Crippen LogP contribution in [0, 0.1) is 35.0 Å². The standard InChI is InChI=1S/C12H13F5N2/c1-5-2-6(3-18)4-19(5)12-10(16)8(14)7(13)9(15)11(12)17/h5-6H,2-4,18H2,1H3. The third kappa shape index (κ3) is 2.16. The van der Waals surface area contributed by atoms with E-state index in [0.717, 1.165) is 0 Å². The summed E-state index contributed by atoms with van der Waals surface area (Å²) in [5.74, 6) is -9.58. The average molecular weight is 280 g/mol. The molecule has 2 rings (SSSR count). The molecule has 0 radical (unpaired) electrons. The van der Waals surface area contributed by atoms with Gasteiger partial charge in [-0.1, -0.05) is 0 Å². The molecule has 2 atom stereocenters. The molecule has 0 aliphatic carbocycles. The third-order valence-corrected chi connectivity index (χ3v) is 3.47. The molecular formula is C12H13F5N2. The normalized spacial score (nSPS) is 23.2. The van der Waals surface area contributed by atoms with Gasteiger partial charge in [0.15, 0.2) is 23.3 Å². The topological polar surface area (TPSA) is 29.3 Å². The van der Waals surface area contributed by atoms with Crippen LogP contribution in [-0.4, -0.2) is 19.1 Å². The molecule has 1 aromatic carbocycles. The molecular weight excluding hydrogens is 267 g/mol. The van der Waals surface area contributed by atoms with Crippen LogP contribution >= 0.6 is 0 Å². The van der Waals surface area contributed by atoms with Gasteiger partial charge in [0, 0.05) is 12.6 Å². The summed E-state index contributed by atoms with van der Waals surface area (Å²) in [6.45, 7) is 2.14. The van der Waals surface area contributed by atoms with E-state index < -0.39 is 34.8 Å². The molecule has 1 aromatic rings. The third-order valence-electron chi connectivity index (χ3n) is 3.47. The van der Waals surface area contributed by atoms with Gasteiger partial charge in [0.05, 0.1) is 0 Å². The first-order chi connectivity index (χ1) is 8.88. The molecule has 2 nitrogen and oxygen atoms in total. The van der Waals surface area contributed by atoms with Gasteiger partial charge in [0.25, 0.3) is 0 Å². The maximum Gasteiger partial charge on any atom is 0.200 e. The van der Waals surface area contributed by atoms with Crippen LogP contribution in [0.3, 0.4) is 0 Å². The Bertz CT molecular complexity index is 476. The van der Waals surface area contributed by atoms with Crippen molar-refractivity contribution < 1.29 is 22.0 Å². The number of nitrogens with zero attached hydrogens (tertiary/aromatic N) is 1. The molecule has 1 fully saturated rings. The van der Waals surface area contributed by atoms with Crippen LogP contribution in [0.5, 0.6) is 0 Å². The molecule has 0 saturated carbocycles. The molecule has 0 bridgehead atoms. The minimum Gasteiger partial charge on any atom is -0.364 e. The Morgan fingerprint density at radius 2 is 1.47 bits per heavy atom. The van der Waals surface area contributed by atoms with Gasteiger partial charge in [0.1, 0.15) is 5.69 Å². The van der Waals surface area contributed by atoms with Crippen molar-refractivity contribution in [2.45, 2.75) is 19.4 Å². The SMILES string of the molecule is CC1CC(CN)CN1c1c(F)c(F)c(F)c(F)c1F. The number of benzene rings is 1. The lowest BCUT2D eigenvalue weighted by Gasteiger charge is -2.25.